The van der Waals surface area contributed by atoms with Crippen LogP contribution in [0.25, 0.3) is 0 Å². The van der Waals surface area contributed by atoms with Gasteiger partial charge in [0.1, 0.15) is 6.23 Å². The van der Waals surface area contributed by atoms with Gasteiger partial charge in [0.05, 0.1) is 0 Å². The second-order valence-electron chi connectivity index (χ2n) is 4.28. The van der Waals surface area contributed by atoms with Crippen molar-refractivity contribution in [2.45, 2.75) is 25.5 Å². The second kappa shape index (κ2) is 6.75. The fourth-order valence-electron chi connectivity index (χ4n) is 1.86. The Balaban J connectivity index is 1.65. The second-order valence-corrected chi connectivity index (χ2v) is 5.19. The predicted molar refractivity (Wildman–Crippen MR) is 73.4 cm³/mol. The van der Waals surface area contributed by atoms with Gasteiger partial charge in [0.2, 0.25) is 0 Å². The van der Waals surface area contributed by atoms with E-state index in [1.165, 1.54) is 5.56 Å². The minimum absolute atomic E-state index is 0.113. The van der Waals surface area contributed by atoms with Crippen LogP contribution >= 0.6 is 15.9 Å². The van der Waals surface area contributed by atoms with Crippen molar-refractivity contribution in [2.24, 2.45) is 0 Å². The summed E-state index contributed by atoms with van der Waals surface area (Å²) in [6.07, 6.45) is 2.63. The first-order valence-electron chi connectivity index (χ1n) is 6.14. The molecule has 2 amide bonds. The summed E-state index contributed by atoms with van der Waals surface area (Å²) in [5.74, 6) is 0. The lowest BCUT2D eigenvalue weighted by Gasteiger charge is -2.12. The molecule has 1 atom stereocenters. The highest BCUT2D eigenvalue weighted by Gasteiger charge is 2.16. The molecular weight excluding hydrogens is 296 g/mol. The molecule has 4 nitrogen and oxygen atoms in total. The quantitative estimate of drug-likeness (QED) is 0.897. The van der Waals surface area contributed by atoms with Crippen molar-refractivity contribution in [1.29, 1.82) is 0 Å². The molecule has 98 valence electrons. The number of benzene rings is 1. The molecule has 1 aliphatic rings. The Labute approximate surface area is 115 Å². The van der Waals surface area contributed by atoms with Gasteiger partial charge >= 0.3 is 6.03 Å². The highest BCUT2D eigenvalue weighted by Crippen LogP contribution is 2.10. The molecule has 2 rings (SSSR count). The average molecular weight is 313 g/mol. The number of halogens is 1. The minimum atomic E-state index is -0.154. The maximum Gasteiger partial charge on any atom is 0.316 e. The molecule has 1 aromatic rings. The van der Waals surface area contributed by atoms with Crippen molar-refractivity contribution in [3.05, 3.63) is 34.3 Å². The lowest BCUT2D eigenvalue weighted by Crippen LogP contribution is -2.42. The Hall–Kier alpha value is -1.07. The van der Waals surface area contributed by atoms with E-state index in [1.54, 1.807) is 0 Å². The van der Waals surface area contributed by atoms with Crippen molar-refractivity contribution < 1.29 is 9.53 Å². The number of carbonyl (C=O) groups excluding carboxylic acids is 1. The number of ether oxygens (including phenoxy) is 1. The summed E-state index contributed by atoms with van der Waals surface area (Å²) in [5.41, 5.74) is 1.20. The molecule has 0 aliphatic carbocycles. The molecule has 1 fully saturated rings. The summed E-state index contributed by atoms with van der Waals surface area (Å²) in [4.78, 5) is 11.5. The lowest BCUT2D eigenvalue weighted by atomic mass is 10.1. The van der Waals surface area contributed by atoms with Crippen LogP contribution in [-0.2, 0) is 11.2 Å². The van der Waals surface area contributed by atoms with Gasteiger partial charge in [-0.25, -0.2) is 4.79 Å². The minimum Gasteiger partial charge on any atom is -0.358 e. The van der Waals surface area contributed by atoms with Gasteiger partial charge in [0.15, 0.2) is 0 Å². The first-order chi connectivity index (χ1) is 8.74. The van der Waals surface area contributed by atoms with Gasteiger partial charge in [0, 0.05) is 17.6 Å². The molecule has 0 saturated carbocycles. The normalized spacial score (nSPS) is 18.6. The standard InChI is InChI=1S/C13H17BrN2O2/c14-11-5-3-10(4-6-11)7-8-15-13(17)16-12-2-1-9-18-12/h3-6,12H,1-2,7-9H2,(H2,15,16,17). The molecule has 1 heterocycles. The van der Waals surface area contributed by atoms with Gasteiger partial charge in [-0.05, 0) is 37.0 Å². The van der Waals surface area contributed by atoms with Gasteiger partial charge in [-0.3, -0.25) is 0 Å². The predicted octanol–water partition coefficient (Wildman–Crippen LogP) is 2.43. The maximum atomic E-state index is 11.5. The molecule has 0 aromatic heterocycles. The summed E-state index contributed by atoms with van der Waals surface area (Å²) in [7, 11) is 0. The monoisotopic (exact) mass is 312 g/mol. The molecule has 0 bridgehead atoms. The van der Waals surface area contributed by atoms with E-state index < -0.39 is 0 Å². The van der Waals surface area contributed by atoms with E-state index in [0.29, 0.717) is 6.54 Å². The number of urea groups is 1. The molecule has 5 heteroatoms. The smallest absolute Gasteiger partial charge is 0.316 e. The number of carbonyl (C=O) groups is 1. The van der Waals surface area contributed by atoms with Crippen molar-refractivity contribution in [2.75, 3.05) is 13.2 Å². The van der Waals surface area contributed by atoms with E-state index in [-0.39, 0.29) is 12.3 Å². The van der Waals surface area contributed by atoms with Crippen LogP contribution in [-0.4, -0.2) is 25.4 Å². The first-order valence-corrected chi connectivity index (χ1v) is 6.94. The van der Waals surface area contributed by atoms with E-state index in [9.17, 15) is 4.79 Å². The number of nitrogens with one attached hydrogen (secondary N) is 2. The summed E-state index contributed by atoms with van der Waals surface area (Å²) in [6.45, 7) is 1.37. The number of hydrogen-bond donors (Lipinski definition) is 2. The largest absolute Gasteiger partial charge is 0.358 e. The van der Waals surface area contributed by atoms with Gasteiger partial charge in [-0.15, -0.1) is 0 Å². The van der Waals surface area contributed by atoms with Gasteiger partial charge in [-0.1, -0.05) is 28.1 Å². The summed E-state index contributed by atoms with van der Waals surface area (Å²) < 4.78 is 6.39. The van der Waals surface area contributed by atoms with E-state index in [0.717, 1.165) is 30.3 Å². The zero-order valence-corrected chi connectivity index (χ0v) is 11.7. The molecule has 1 unspecified atom stereocenters. The third kappa shape index (κ3) is 4.31. The van der Waals surface area contributed by atoms with E-state index in [2.05, 4.69) is 26.6 Å². The molecule has 0 spiro atoms. The molecular formula is C13H17BrN2O2. The van der Waals surface area contributed by atoms with Gasteiger partial charge < -0.3 is 15.4 Å². The van der Waals surface area contributed by atoms with Crippen LogP contribution < -0.4 is 10.6 Å². The van der Waals surface area contributed by atoms with Crippen LogP contribution in [0.5, 0.6) is 0 Å². The number of hydrogen-bond acceptors (Lipinski definition) is 2. The molecule has 0 radical (unpaired) electrons. The van der Waals surface area contributed by atoms with Crippen LogP contribution in [0.2, 0.25) is 0 Å². The van der Waals surface area contributed by atoms with Crippen molar-refractivity contribution in [3.8, 4) is 0 Å². The number of rotatable bonds is 4. The topological polar surface area (TPSA) is 50.4 Å². The summed E-state index contributed by atoms with van der Waals surface area (Å²) in [5, 5.41) is 5.63. The fraction of sp³-hybridized carbons (Fsp3) is 0.462. The molecule has 1 aromatic carbocycles. The van der Waals surface area contributed by atoms with Crippen molar-refractivity contribution >= 4 is 22.0 Å². The van der Waals surface area contributed by atoms with E-state index in [1.807, 2.05) is 24.3 Å². The van der Waals surface area contributed by atoms with Crippen LogP contribution in [0.1, 0.15) is 18.4 Å². The maximum absolute atomic E-state index is 11.5. The number of amides is 2. The lowest BCUT2D eigenvalue weighted by molar-refractivity contribution is 0.0908. The molecule has 18 heavy (non-hydrogen) atoms. The van der Waals surface area contributed by atoms with E-state index >= 15 is 0 Å². The van der Waals surface area contributed by atoms with Crippen LogP contribution in [0.15, 0.2) is 28.7 Å². The zero-order valence-electron chi connectivity index (χ0n) is 10.1. The summed E-state index contributed by atoms with van der Waals surface area (Å²) in [6, 6.07) is 7.94. The van der Waals surface area contributed by atoms with Gasteiger partial charge in [-0.2, -0.15) is 0 Å². The molecule has 2 N–H and O–H groups in total. The fourth-order valence-corrected chi connectivity index (χ4v) is 2.12. The highest BCUT2D eigenvalue weighted by atomic mass is 79.9. The average Bonchev–Trinajstić information content (AvgIpc) is 2.84. The van der Waals surface area contributed by atoms with E-state index in [4.69, 9.17) is 4.74 Å². The summed E-state index contributed by atoms with van der Waals surface area (Å²) >= 11 is 3.39. The third-order valence-corrected chi connectivity index (χ3v) is 3.36. The van der Waals surface area contributed by atoms with Crippen LogP contribution in [0.4, 0.5) is 4.79 Å². The Morgan fingerprint density at radius 2 is 2.17 bits per heavy atom. The SMILES string of the molecule is O=C(NCCc1ccc(Br)cc1)NC1CCCO1. The highest BCUT2D eigenvalue weighted by molar-refractivity contribution is 9.10. The Morgan fingerprint density at radius 3 is 2.83 bits per heavy atom. The van der Waals surface area contributed by atoms with Gasteiger partial charge in [0.25, 0.3) is 0 Å². The van der Waals surface area contributed by atoms with Crippen molar-refractivity contribution in [1.82, 2.24) is 10.6 Å². The van der Waals surface area contributed by atoms with Crippen LogP contribution in [0.3, 0.4) is 0 Å². The Kier molecular flexibility index (Phi) is 5.01. The van der Waals surface area contributed by atoms with Crippen LogP contribution in [0, 0.1) is 0 Å². The van der Waals surface area contributed by atoms with Crippen molar-refractivity contribution in [3.63, 3.8) is 0 Å². The Bertz CT molecular complexity index is 388. The third-order valence-electron chi connectivity index (χ3n) is 2.83. The first kappa shape index (κ1) is 13.4. The zero-order chi connectivity index (χ0) is 12.8. The Morgan fingerprint density at radius 1 is 1.39 bits per heavy atom. The molecule has 1 aliphatic heterocycles. The molecule has 1 saturated heterocycles.